The second-order valence-electron chi connectivity index (χ2n) is 11.5. The summed E-state index contributed by atoms with van der Waals surface area (Å²) in [6, 6.07) is 44.9. The standard InChI is InChI=1S/C22H19ClO3.C21H17ClO4/c1-16(24)19-12-20(23)22(26-15-18-10-6-3-7-11-18)13-21(19)25-14-17-8-4-2-5-9-17;22-18-11-17(21(23)24)19(25-13-15-7-3-1-4-8-15)12-20(18)26-14-16-9-5-2-6-10-16/h2-13H,14-15H2,1H3;1-12H,13-14H2,(H,23,24). The van der Waals surface area contributed by atoms with Crippen LogP contribution in [0.25, 0.3) is 0 Å². The van der Waals surface area contributed by atoms with Crippen molar-refractivity contribution < 1.29 is 33.6 Å². The van der Waals surface area contributed by atoms with Crippen LogP contribution in [0.5, 0.6) is 23.0 Å². The minimum atomic E-state index is -1.11. The Morgan fingerprint density at radius 1 is 0.462 bits per heavy atom. The minimum Gasteiger partial charge on any atom is -0.488 e. The maximum Gasteiger partial charge on any atom is 0.339 e. The third-order valence-corrected chi connectivity index (χ3v) is 8.22. The molecule has 7 nitrogen and oxygen atoms in total. The fourth-order valence-corrected chi connectivity index (χ4v) is 5.35. The van der Waals surface area contributed by atoms with E-state index in [1.165, 1.54) is 19.1 Å². The van der Waals surface area contributed by atoms with Gasteiger partial charge >= 0.3 is 5.97 Å². The topological polar surface area (TPSA) is 91.3 Å². The van der Waals surface area contributed by atoms with Gasteiger partial charge in [0.2, 0.25) is 0 Å². The van der Waals surface area contributed by atoms with E-state index in [0.717, 1.165) is 22.3 Å². The lowest BCUT2D eigenvalue weighted by molar-refractivity contribution is 0.0691. The van der Waals surface area contributed by atoms with Crippen LogP contribution in [0.2, 0.25) is 10.0 Å². The Labute approximate surface area is 312 Å². The van der Waals surface area contributed by atoms with Crippen molar-refractivity contribution in [1.29, 1.82) is 0 Å². The molecule has 0 heterocycles. The molecule has 0 saturated heterocycles. The number of carboxylic acid groups (broad SMARTS) is 1. The van der Waals surface area contributed by atoms with E-state index >= 15 is 0 Å². The summed E-state index contributed by atoms with van der Waals surface area (Å²) >= 11 is 12.5. The molecule has 0 unspecified atom stereocenters. The van der Waals surface area contributed by atoms with E-state index in [9.17, 15) is 14.7 Å². The van der Waals surface area contributed by atoms with Crippen molar-refractivity contribution in [1.82, 2.24) is 0 Å². The molecule has 52 heavy (non-hydrogen) atoms. The molecule has 0 fully saturated rings. The van der Waals surface area contributed by atoms with Crippen LogP contribution in [0.4, 0.5) is 0 Å². The average molecular weight is 736 g/mol. The van der Waals surface area contributed by atoms with Crippen molar-refractivity contribution in [2.75, 3.05) is 0 Å². The highest BCUT2D eigenvalue weighted by molar-refractivity contribution is 6.33. The molecule has 0 spiro atoms. The average Bonchev–Trinajstić information content (AvgIpc) is 3.17. The van der Waals surface area contributed by atoms with Crippen LogP contribution in [0, 0.1) is 0 Å². The molecule has 264 valence electrons. The van der Waals surface area contributed by atoms with Crippen molar-refractivity contribution in [3.05, 3.63) is 189 Å². The quantitative estimate of drug-likeness (QED) is 0.111. The molecular weight excluding hydrogens is 699 g/mol. The monoisotopic (exact) mass is 734 g/mol. The Bertz CT molecular complexity index is 1910. The highest BCUT2D eigenvalue weighted by Gasteiger charge is 2.17. The number of hydrogen-bond acceptors (Lipinski definition) is 6. The maximum absolute atomic E-state index is 11.9. The van der Waals surface area contributed by atoms with E-state index in [-0.39, 0.29) is 28.7 Å². The Hall–Kier alpha value is -5.76. The van der Waals surface area contributed by atoms with Crippen molar-refractivity contribution in [3.8, 4) is 23.0 Å². The number of aromatic carboxylic acids is 1. The van der Waals surface area contributed by atoms with Gasteiger partial charge in [0.05, 0.1) is 15.6 Å². The van der Waals surface area contributed by atoms with E-state index in [0.29, 0.717) is 47.7 Å². The normalized spacial score (nSPS) is 10.4. The fourth-order valence-electron chi connectivity index (χ4n) is 4.91. The summed E-state index contributed by atoms with van der Waals surface area (Å²) in [5.74, 6) is 0.337. The largest absolute Gasteiger partial charge is 0.488 e. The van der Waals surface area contributed by atoms with Gasteiger partial charge in [-0.25, -0.2) is 4.79 Å². The highest BCUT2D eigenvalue weighted by Crippen LogP contribution is 2.35. The Kier molecular flexibility index (Phi) is 13.7. The van der Waals surface area contributed by atoms with Crippen LogP contribution in [0.15, 0.2) is 146 Å². The van der Waals surface area contributed by atoms with Gasteiger partial charge in [-0.05, 0) is 41.3 Å². The lowest BCUT2D eigenvalue weighted by Crippen LogP contribution is -2.05. The van der Waals surface area contributed by atoms with Crippen LogP contribution in [0.1, 0.15) is 49.9 Å². The number of benzene rings is 6. The Morgan fingerprint density at radius 3 is 1.06 bits per heavy atom. The predicted octanol–water partition coefficient (Wildman–Crippen LogP) is 10.9. The Balaban J connectivity index is 0.000000201. The zero-order valence-corrected chi connectivity index (χ0v) is 29.8. The number of ketones is 1. The maximum atomic E-state index is 11.9. The third kappa shape index (κ3) is 11.1. The van der Waals surface area contributed by atoms with Crippen molar-refractivity contribution in [2.45, 2.75) is 33.4 Å². The number of ether oxygens (including phenoxy) is 4. The lowest BCUT2D eigenvalue weighted by atomic mass is 10.1. The summed E-state index contributed by atoms with van der Waals surface area (Å²) in [6.45, 7) is 2.82. The van der Waals surface area contributed by atoms with Crippen molar-refractivity contribution >= 4 is 35.0 Å². The molecule has 0 amide bonds. The van der Waals surface area contributed by atoms with Crippen molar-refractivity contribution in [2.24, 2.45) is 0 Å². The fraction of sp³-hybridized carbons (Fsp3) is 0.116. The number of carboxylic acids is 1. The number of halogens is 2. The van der Waals surface area contributed by atoms with Crippen LogP contribution < -0.4 is 18.9 Å². The molecule has 0 atom stereocenters. The number of hydrogen-bond donors (Lipinski definition) is 1. The van der Waals surface area contributed by atoms with Gasteiger partial charge in [-0.15, -0.1) is 0 Å². The number of carbonyl (C=O) groups excluding carboxylic acids is 1. The smallest absolute Gasteiger partial charge is 0.339 e. The molecule has 6 rings (SSSR count). The van der Waals surface area contributed by atoms with E-state index < -0.39 is 5.97 Å². The number of Topliss-reactive ketones (excluding diaryl/α,β-unsaturated/α-hetero) is 1. The molecule has 9 heteroatoms. The van der Waals surface area contributed by atoms with Crippen molar-refractivity contribution in [3.63, 3.8) is 0 Å². The first-order valence-electron chi connectivity index (χ1n) is 16.3. The summed E-state index contributed by atoms with van der Waals surface area (Å²) in [4.78, 5) is 23.4. The molecule has 0 aliphatic carbocycles. The molecule has 0 aliphatic heterocycles. The zero-order chi connectivity index (χ0) is 36.7. The van der Waals surface area contributed by atoms with Crippen LogP contribution >= 0.6 is 23.2 Å². The van der Waals surface area contributed by atoms with Gasteiger partial charge in [0, 0.05) is 12.1 Å². The second kappa shape index (κ2) is 19.0. The lowest BCUT2D eigenvalue weighted by Gasteiger charge is -2.14. The first-order chi connectivity index (χ1) is 25.3. The molecule has 0 saturated carbocycles. The SMILES string of the molecule is CC(=O)c1cc(Cl)c(OCc2ccccc2)cc1OCc1ccccc1.O=C(O)c1cc(Cl)c(OCc2ccccc2)cc1OCc1ccccc1. The van der Waals surface area contributed by atoms with Crippen LogP contribution in [0.3, 0.4) is 0 Å². The van der Waals surface area contributed by atoms with Gasteiger partial charge in [-0.2, -0.15) is 0 Å². The summed E-state index contributed by atoms with van der Waals surface area (Å²) < 4.78 is 23.2. The van der Waals surface area contributed by atoms with Gasteiger partial charge in [0.15, 0.2) is 5.78 Å². The first-order valence-corrected chi connectivity index (χ1v) is 17.1. The molecule has 0 aliphatic rings. The molecule has 6 aromatic rings. The van der Waals surface area contributed by atoms with E-state index in [2.05, 4.69) is 0 Å². The molecule has 1 N–H and O–H groups in total. The molecule has 6 aromatic carbocycles. The van der Waals surface area contributed by atoms with E-state index in [4.69, 9.17) is 42.1 Å². The molecular formula is C43H36Cl2O7. The van der Waals surface area contributed by atoms with Crippen LogP contribution in [-0.4, -0.2) is 16.9 Å². The zero-order valence-electron chi connectivity index (χ0n) is 28.3. The van der Waals surface area contributed by atoms with E-state index in [1.807, 2.05) is 121 Å². The molecule has 0 aromatic heterocycles. The van der Waals surface area contributed by atoms with Gasteiger partial charge in [0.1, 0.15) is 55.0 Å². The van der Waals surface area contributed by atoms with Gasteiger partial charge in [-0.3, -0.25) is 4.79 Å². The van der Waals surface area contributed by atoms with Crippen LogP contribution in [-0.2, 0) is 26.4 Å². The predicted molar refractivity (Wildman–Crippen MR) is 203 cm³/mol. The van der Waals surface area contributed by atoms with Gasteiger partial charge in [-0.1, -0.05) is 145 Å². The highest BCUT2D eigenvalue weighted by atomic mass is 35.5. The second-order valence-corrected chi connectivity index (χ2v) is 12.3. The first kappa shape index (κ1) is 37.5. The number of carbonyl (C=O) groups is 2. The summed E-state index contributed by atoms with van der Waals surface area (Å²) in [5.41, 5.74) is 4.41. The molecule has 0 radical (unpaired) electrons. The van der Waals surface area contributed by atoms with Gasteiger partial charge in [0.25, 0.3) is 0 Å². The minimum absolute atomic E-state index is 0.00186. The van der Waals surface area contributed by atoms with Gasteiger partial charge < -0.3 is 24.1 Å². The summed E-state index contributed by atoms with van der Waals surface area (Å²) in [5, 5.41) is 10.0. The Morgan fingerprint density at radius 2 is 0.750 bits per heavy atom. The summed E-state index contributed by atoms with van der Waals surface area (Å²) in [6.07, 6.45) is 0. The third-order valence-electron chi connectivity index (χ3n) is 7.63. The van der Waals surface area contributed by atoms with E-state index in [1.54, 1.807) is 12.1 Å². The number of rotatable bonds is 14. The summed E-state index contributed by atoms with van der Waals surface area (Å²) in [7, 11) is 0. The molecule has 0 bridgehead atoms.